The van der Waals surface area contributed by atoms with Crippen LogP contribution in [0.5, 0.6) is 0 Å². The predicted octanol–water partition coefficient (Wildman–Crippen LogP) is -1.99. The molecule has 32 valence electrons. The van der Waals surface area contributed by atoms with Crippen LogP contribution in [-0.2, 0) is 23.5 Å². The summed E-state index contributed by atoms with van der Waals surface area (Å²) in [5.41, 5.74) is 0. The Hall–Kier alpha value is 0.208. The van der Waals surface area contributed by atoms with Gasteiger partial charge in [0, 0.05) is 0 Å². The summed E-state index contributed by atoms with van der Waals surface area (Å²) in [6.45, 7) is 0. The van der Waals surface area contributed by atoms with Gasteiger partial charge in [-0.2, -0.15) is 0 Å². The van der Waals surface area contributed by atoms with Crippen LogP contribution in [0, 0.1) is 0 Å². The maximum atomic E-state index is 8.76. The molecule has 1 N–H and O–H groups in total. The van der Waals surface area contributed by atoms with Gasteiger partial charge in [-0.05, 0) is 0 Å². The Kier molecular flexibility index (Phi) is 1.17. The third-order valence-corrected chi connectivity index (χ3v) is 0. The van der Waals surface area contributed by atoms with E-state index in [0.29, 0.717) is 0 Å². The van der Waals surface area contributed by atoms with Gasteiger partial charge in [0.2, 0.25) is 0 Å². The van der Waals surface area contributed by atoms with Crippen molar-refractivity contribution in [2.45, 2.75) is 0 Å². The molecule has 0 aliphatic rings. The number of hydrogen-bond acceptors (Lipinski definition) is 3. The third kappa shape index (κ3) is 473. The van der Waals surface area contributed by atoms with Gasteiger partial charge < -0.3 is 0 Å². The molecule has 5 heavy (non-hydrogen) atoms. The van der Waals surface area contributed by atoms with Crippen molar-refractivity contribution in [2.24, 2.45) is 0 Å². The van der Waals surface area contributed by atoms with Crippen LogP contribution in [0.15, 0.2) is 0 Å². The molecule has 0 fully saturated rings. The van der Waals surface area contributed by atoms with Gasteiger partial charge in [-0.3, -0.25) is 0 Å². The molecular weight excluding hydrogens is 248 g/mol. The van der Waals surface area contributed by atoms with Crippen LogP contribution in [0.4, 0.5) is 0 Å². The molecule has 0 aromatic rings. The Morgan fingerprint density at radius 3 is 1.60 bits per heavy atom. The Morgan fingerprint density at radius 1 is 1.60 bits per heavy atom. The summed E-state index contributed by atoms with van der Waals surface area (Å²) in [5, 5.41) is 0. The minimum atomic E-state index is -5.92. The average molecular weight is 249 g/mol. The van der Waals surface area contributed by atoms with Crippen molar-refractivity contribution >= 4 is 0 Å². The fourth-order valence-corrected chi connectivity index (χ4v) is 0. The second-order valence-electron chi connectivity index (χ2n) is 0.428. The molecule has 0 rings (SSSR count). The zero-order valence-electron chi connectivity index (χ0n) is 2.08. The van der Waals surface area contributed by atoms with Crippen LogP contribution >= 0.6 is 0 Å². The summed E-state index contributed by atoms with van der Waals surface area (Å²) in [6, 6.07) is 0. The van der Waals surface area contributed by atoms with E-state index in [4.69, 9.17) is 14.3 Å². The molecule has 0 saturated carbocycles. The van der Waals surface area contributed by atoms with E-state index in [-0.39, 0.29) is 0 Å². The molecule has 0 saturated heterocycles. The zero-order chi connectivity index (χ0) is 4.50. The maximum absolute atomic E-state index is 8.76. The van der Waals surface area contributed by atoms with Crippen LogP contribution < -0.4 is 3.76 Å². The minimum absolute atomic E-state index is 5.92. The Labute approximate surface area is 31.8 Å². The van der Waals surface area contributed by atoms with E-state index < -0.39 is 16.7 Å². The van der Waals surface area contributed by atoms with Gasteiger partial charge in [0.1, 0.15) is 0 Å². The van der Waals surface area contributed by atoms with Crippen LogP contribution in [0.1, 0.15) is 0 Å². The van der Waals surface area contributed by atoms with E-state index in [1.165, 1.54) is 0 Å². The second-order valence-corrected chi connectivity index (χ2v) is 3.50. The Bertz CT molecular complexity index is 86.8. The van der Waals surface area contributed by atoms with Gasteiger partial charge in [-0.25, -0.2) is 0 Å². The molecule has 0 aromatic heterocycles. The first-order valence-electron chi connectivity index (χ1n) is 0.683. The molecule has 0 atom stereocenters. The molecule has 0 aromatic carbocycles. The van der Waals surface area contributed by atoms with E-state index in [9.17, 15) is 0 Å². The molecule has 0 aliphatic heterocycles. The summed E-state index contributed by atoms with van der Waals surface area (Å²) in [7, 11) is 0. The van der Waals surface area contributed by atoms with Crippen molar-refractivity contribution in [1.82, 2.24) is 0 Å². The van der Waals surface area contributed by atoms with E-state index in [1.807, 2.05) is 0 Å². The molecule has 0 amide bonds. The van der Waals surface area contributed by atoms with Crippen LogP contribution in [0.25, 0.3) is 0 Å². The second kappa shape index (κ2) is 1.12. The SMILES string of the molecule is [O]=[W](=[O])([O-])[OH]. The first-order chi connectivity index (χ1) is 2.00. The monoisotopic (exact) mass is 249 g/mol. The fraction of sp³-hybridized carbons (Fsp3) is 0. The molecule has 0 heterocycles. The van der Waals surface area contributed by atoms with Gasteiger partial charge in [0.05, 0.1) is 0 Å². The van der Waals surface area contributed by atoms with E-state index in [1.54, 1.807) is 0 Å². The van der Waals surface area contributed by atoms with Crippen molar-refractivity contribution in [3.05, 3.63) is 0 Å². The van der Waals surface area contributed by atoms with Gasteiger partial charge >= 0.3 is 31.1 Å². The summed E-state index contributed by atoms with van der Waals surface area (Å²) in [5.74, 6) is 0. The zero-order valence-corrected chi connectivity index (χ0v) is 5.01. The number of hydrogen-bond donors (Lipinski definition) is 1. The number of rotatable bonds is 0. The van der Waals surface area contributed by atoms with Gasteiger partial charge in [0.15, 0.2) is 0 Å². The van der Waals surface area contributed by atoms with Crippen molar-refractivity contribution < 1.29 is 31.1 Å². The molecule has 5 heteroatoms. The first-order valence-corrected chi connectivity index (χ1v) is 5.59. The van der Waals surface area contributed by atoms with Crippen molar-refractivity contribution in [3.8, 4) is 0 Å². The molecular formula is HO4W-. The summed E-state index contributed by atoms with van der Waals surface area (Å²) in [6.07, 6.45) is 0. The predicted molar refractivity (Wildman–Crippen MR) is 3.59 cm³/mol. The quantitative estimate of drug-likeness (QED) is 0.539. The molecule has 4 nitrogen and oxygen atoms in total. The Balaban J connectivity index is 4.06. The van der Waals surface area contributed by atoms with Crippen molar-refractivity contribution in [3.63, 3.8) is 0 Å². The first kappa shape index (κ1) is 5.21. The van der Waals surface area contributed by atoms with Gasteiger partial charge in [0.25, 0.3) is 0 Å². The normalized spacial score (nSPS) is 11.6. The summed E-state index contributed by atoms with van der Waals surface area (Å²) >= 11 is -5.92. The third-order valence-electron chi connectivity index (χ3n) is 0. The average Bonchev–Trinajstić information content (AvgIpc) is 0.722. The topological polar surface area (TPSA) is 77.4 Å². The summed E-state index contributed by atoms with van der Waals surface area (Å²) < 4.78 is 33.3. The molecule has 0 unspecified atom stereocenters. The van der Waals surface area contributed by atoms with E-state index >= 15 is 0 Å². The molecule has 0 radical (unpaired) electrons. The summed E-state index contributed by atoms with van der Waals surface area (Å²) in [4.78, 5) is 0. The van der Waals surface area contributed by atoms with Crippen molar-refractivity contribution in [2.75, 3.05) is 0 Å². The van der Waals surface area contributed by atoms with E-state index in [2.05, 4.69) is 0 Å². The van der Waals surface area contributed by atoms with Crippen molar-refractivity contribution in [1.29, 1.82) is 0 Å². The Morgan fingerprint density at radius 2 is 1.60 bits per heavy atom. The molecule has 0 aliphatic carbocycles. The van der Waals surface area contributed by atoms with Crippen LogP contribution in [-0.4, -0.2) is 3.76 Å². The van der Waals surface area contributed by atoms with Gasteiger partial charge in [-0.15, -0.1) is 0 Å². The standard InChI is InChI=1S/H2O.3O.W/h1H2;;;;/q;;;-1;+1/p-1. The fourth-order valence-electron chi connectivity index (χ4n) is 0. The van der Waals surface area contributed by atoms with E-state index in [0.717, 1.165) is 0 Å². The molecule has 0 spiro atoms. The van der Waals surface area contributed by atoms with Crippen LogP contribution in [0.3, 0.4) is 0 Å². The molecule has 0 bridgehead atoms. The van der Waals surface area contributed by atoms with Gasteiger partial charge in [-0.1, -0.05) is 0 Å². The van der Waals surface area contributed by atoms with Crippen LogP contribution in [0.2, 0.25) is 0 Å².